The summed E-state index contributed by atoms with van der Waals surface area (Å²) >= 11 is 0. The molecular formula is C52H33NO. The van der Waals surface area contributed by atoms with Crippen LogP contribution in [0.4, 0.5) is 17.1 Å². The predicted octanol–water partition coefficient (Wildman–Crippen LogP) is 15.0. The highest BCUT2D eigenvalue weighted by atomic mass is 16.3. The molecule has 11 rings (SSSR count). The summed E-state index contributed by atoms with van der Waals surface area (Å²) in [4.78, 5) is 2.33. The van der Waals surface area contributed by atoms with Crippen LogP contribution in [-0.2, 0) is 0 Å². The van der Waals surface area contributed by atoms with Crippen LogP contribution in [0.15, 0.2) is 205 Å². The monoisotopic (exact) mass is 687 g/mol. The van der Waals surface area contributed by atoms with E-state index in [1.54, 1.807) is 0 Å². The molecule has 0 unspecified atom stereocenters. The third-order valence-corrected chi connectivity index (χ3v) is 11.0. The molecule has 252 valence electrons. The van der Waals surface area contributed by atoms with Crippen molar-refractivity contribution in [2.75, 3.05) is 4.90 Å². The molecule has 0 aliphatic carbocycles. The molecule has 11 aromatic rings. The molecule has 0 aliphatic rings. The van der Waals surface area contributed by atoms with Crippen LogP contribution in [0.3, 0.4) is 0 Å². The Hall–Kier alpha value is -7.16. The first-order chi connectivity index (χ1) is 26.8. The summed E-state index contributed by atoms with van der Waals surface area (Å²) in [5.74, 6) is 0. The van der Waals surface area contributed by atoms with Crippen LogP contribution in [0.1, 0.15) is 0 Å². The molecule has 0 bridgehead atoms. The molecule has 0 saturated carbocycles. The standard InChI is InChI=1S/C52H33NO/c1-2-16-40(17-3-1)53(41-26-22-34(23-27-41)47-31-38-14-6-8-18-43(38)45-20-10-11-21-46(45)47)42-28-24-35(25-29-42)48-32-39-15-7-9-19-44(39)52-51(48)49-30-36-12-4-5-13-37(36)33-50(49)54-52/h1-33H. The highest BCUT2D eigenvalue weighted by molar-refractivity contribution is 6.23. The van der Waals surface area contributed by atoms with E-state index in [1.165, 1.54) is 49.0 Å². The van der Waals surface area contributed by atoms with Crippen molar-refractivity contribution < 1.29 is 4.42 Å². The first-order valence-electron chi connectivity index (χ1n) is 18.5. The second-order valence-corrected chi connectivity index (χ2v) is 14.1. The zero-order chi connectivity index (χ0) is 35.6. The van der Waals surface area contributed by atoms with Gasteiger partial charge in [-0.3, -0.25) is 0 Å². The van der Waals surface area contributed by atoms with E-state index in [0.717, 1.165) is 55.3 Å². The van der Waals surface area contributed by atoms with Crippen LogP contribution in [0.25, 0.3) is 87.3 Å². The highest BCUT2D eigenvalue weighted by Gasteiger charge is 2.19. The molecule has 0 N–H and O–H groups in total. The van der Waals surface area contributed by atoms with E-state index in [2.05, 4.69) is 205 Å². The number of nitrogens with zero attached hydrogens (tertiary/aromatic N) is 1. The van der Waals surface area contributed by atoms with Crippen molar-refractivity contribution in [1.82, 2.24) is 0 Å². The van der Waals surface area contributed by atoms with E-state index in [1.807, 2.05) is 0 Å². The number of fused-ring (bicyclic) bond motifs is 9. The van der Waals surface area contributed by atoms with Gasteiger partial charge in [0.15, 0.2) is 0 Å². The number of anilines is 3. The third-order valence-electron chi connectivity index (χ3n) is 11.0. The lowest BCUT2D eigenvalue weighted by Gasteiger charge is -2.26. The smallest absolute Gasteiger partial charge is 0.143 e. The maximum absolute atomic E-state index is 6.69. The zero-order valence-electron chi connectivity index (χ0n) is 29.4. The Morgan fingerprint density at radius 3 is 1.48 bits per heavy atom. The predicted molar refractivity (Wildman–Crippen MR) is 229 cm³/mol. The van der Waals surface area contributed by atoms with Gasteiger partial charge in [0.2, 0.25) is 0 Å². The number of para-hydroxylation sites is 1. The lowest BCUT2D eigenvalue weighted by Crippen LogP contribution is -2.09. The molecule has 2 nitrogen and oxygen atoms in total. The average molecular weight is 688 g/mol. The van der Waals surface area contributed by atoms with Crippen LogP contribution in [-0.4, -0.2) is 0 Å². The average Bonchev–Trinajstić information content (AvgIpc) is 3.62. The summed E-state index contributed by atoms with van der Waals surface area (Å²) in [6.07, 6.45) is 0. The number of rotatable bonds is 5. The van der Waals surface area contributed by atoms with Gasteiger partial charge < -0.3 is 9.32 Å². The topological polar surface area (TPSA) is 16.4 Å². The molecule has 0 aliphatic heterocycles. The number of furan rings is 1. The molecule has 1 aromatic heterocycles. The van der Waals surface area contributed by atoms with Crippen LogP contribution in [0.2, 0.25) is 0 Å². The maximum Gasteiger partial charge on any atom is 0.143 e. The first-order valence-corrected chi connectivity index (χ1v) is 18.5. The van der Waals surface area contributed by atoms with Gasteiger partial charge in [-0.2, -0.15) is 0 Å². The highest BCUT2D eigenvalue weighted by Crippen LogP contribution is 2.44. The van der Waals surface area contributed by atoms with Crippen molar-refractivity contribution in [3.05, 3.63) is 200 Å². The van der Waals surface area contributed by atoms with Gasteiger partial charge in [-0.1, -0.05) is 140 Å². The molecule has 10 aromatic carbocycles. The molecule has 0 radical (unpaired) electrons. The number of hydrogen-bond donors (Lipinski definition) is 0. The van der Waals surface area contributed by atoms with Crippen LogP contribution in [0, 0.1) is 0 Å². The molecule has 2 heteroatoms. The Morgan fingerprint density at radius 2 is 0.796 bits per heavy atom. The minimum Gasteiger partial charge on any atom is -0.455 e. The summed E-state index contributed by atoms with van der Waals surface area (Å²) < 4.78 is 6.69. The summed E-state index contributed by atoms with van der Waals surface area (Å²) in [6, 6.07) is 72.2. The Morgan fingerprint density at radius 1 is 0.315 bits per heavy atom. The van der Waals surface area contributed by atoms with Gasteiger partial charge in [0, 0.05) is 33.2 Å². The fourth-order valence-electron chi connectivity index (χ4n) is 8.42. The summed E-state index contributed by atoms with van der Waals surface area (Å²) in [7, 11) is 0. The normalized spacial score (nSPS) is 11.7. The Labute approximate surface area is 312 Å². The molecule has 54 heavy (non-hydrogen) atoms. The van der Waals surface area contributed by atoms with Crippen molar-refractivity contribution in [1.29, 1.82) is 0 Å². The fourth-order valence-corrected chi connectivity index (χ4v) is 8.42. The van der Waals surface area contributed by atoms with E-state index in [4.69, 9.17) is 4.42 Å². The van der Waals surface area contributed by atoms with E-state index >= 15 is 0 Å². The van der Waals surface area contributed by atoms with Gasteiger partial charge in [-0.05, 0) is 121 Å². The summed E-state index contributed by atoms with van der Waals surface area (Å²) in [6.45, 7) is 0. The minimum atomic E-state index is 0.910. The Kier molecular flexibility index (Phi) is 6.90. The second kappa shape index (κ2) is 12.2. The molecule has 0 amide bonds. The minimum absolute atomic E-state index is 0.910. The van der Waals surface area contributed by atoms with Crippen molar-refractivity contribution in [3.8, 4) is 22.3 Å². The van der Waals surface area contributed by atoms with Gasteiger partial charge in [0.25, 0.3) is 0 Å². The van der Waals surface area contributed by atoms with Crippen molar-refractivity contribution in [3.63, 3.8) is 0 Å². The maximum atomic E-state index is 6.69. The van der Waals surface area contributed by atoms with E-state index in [9.17, 15) is 0 Å². The largest absolute Gasteiger partial charge is 0.455 e. The summed E-state index contributed by atoms with van der Waals surface area (Å²) in [5, 5.41) is 12.0. The quantitative estimate of drug-likeness (QED) is 0.168. The molecule has 0 fully saturated rings. The van der Waals surface area contributed by atoms with E-state index in [0.29, 0.717) is 0 Å². The second-order valence-electron chi connectivity index (χ2n) is 14.1. The SMILES string of the molecule is c1ccc(N(c2ccc(-c3cc4ccccc4c4ccccc34)cc2)c2ccc(-c3cc4ccccc4c4oc5cc6ccccc6cc5c34)cc2)cc1. The van der Waals surface area contributed by atoms with E-state index < -0.39 is 0 Å². The summed E-state index contributed by atoms with van der Waals surface area (Å²) in [5.41, 5.74) is 9.90. The van der Waals surface area contributed by atoms with Crippen molar-refractivity contribution in [2.24, 2.45) is 0 Å². The molecule has 0 spiro atoms. The van der Waals surface area contributed by atoms with Crippen LogP contribution >= 0.6 is 0 Å². The van der Waals surface area contributed by atoms with Crippen LogP contribution < -0.4 is 4.90 Å². The number of benzene rings is 10. The lowest BCUT2D eigenvalue weighted by atomic mass is 9.93. The zero-order valence-corrected chi connectivity index (χ0v) is 29.4. The fraction of sp³-hybridized carbons (Fsp3) is 0. The molecule has 0 atom stereocenters. The molecular weight excluding hydrogens is 655 g/mol. The van der Waals surface area contributed by atoms with Crippen molar-refractivity contribution in [2.45, 2.75) is 0 Å². The first kappa shape index (κ1) is 30.5. The lowest BCUT2D eigenvalue weighted by molar-refractivity contribution is 0.673. The number of hydrogen-bond acceptors (Lipinski definition) is 2. The van der Waals surface area contributed by atoms with E-state index in [-0.39, 0.29) is 0 Å². The van der Waals surface area contributed by atoms with Crippen molar-refractivity contribution >= 4 is 82.1 Å². The molecule has 1 heterocycles. The Balaban J connectivity index is 1.03. The van der Waals surface area contributed by atoms with Crippen LogP contribution in [0.5, 0.6) is 0 Å². The Bertz CT molecular complexity index is 3190. The van der Waals surface area contributed by atoms with Gasteiger partial charge >= 0.3 is 0 Å². The van der Waals surface area contributed by atoms with Gasteiger partial charge in [-0.25, -0.2) is 0 Å². The van der Waals surface area contributed by atoms with Gasteiger partial charge in [0.1, 0.15) is 11.2 Å². The van der Waals surface area contributed by atoms with Gasteiger partial charge in [0.05, 0.1) is 0 Å². The molecule has 0 saturated heterocycles. The van der Waals surface area contributed by atoms with Gasteiger partial charge in [-0.15, -0.1) is 0 Å². The third kappa shape index (κ3) is 4.88.